The monoisotopic (exact) mass is 171 g/mol. The van der Waals surface area contributed by atoms with Crippen LogP contribution >= 0.6 is 0 Å². The Morgan fingerprint density at radius 3 is 2.42 bits per heavy atom. The van der Waals surface area contributed by atoms with Crippen molar-refractivity contribution in [2.45, 2.75) is 52.6 Å². The fourth-order valence-corrected chi connectivity index (χ4v) is 1.11. The van der Waals surface area contributed by atoms with Crippen molar-refractivity contribution in [3.8, 4) is 0 Å². The van der Waals surface area contributed by atoms with Crippen LogP contribution in [0.5, 0.6) is 0 Å². The summed E-state index contributed by atoms with van der Waals surface area (Å²) in [5.41, 5.74) is 0. The Morgan fingerprint density at radius 2 is 1.92 bits per heavy atom. The summed E-state index contributed by atoms with van der Waals surface area (Å²) in [6.07, 6.45) is 5.21. The zero-order chi connectivity index (χ0) is 9.23. The Bertz CT molecular complexity index is 75.9. The Kier molecular flexibility index (Phi) is 8.95. The van der Waals surface area contributed by atoms with Gasteiger partial charge in [0.15, 0.2) is 0 Å². The molecule has 0 aromatic rings. The minimum Gasteiger partial charge on any atom is -0.302 e. The summed E-state index contributed by atoms with van der Waals surface area (Å²) in [6, 6.07) is 0. The van der Waals surface area contributed by atoms with Crippen molar-refractivity contribution in [2.75, 3.05) is 6.54 Å². The van der Waals surface area contributed by atoms with Gasteiger partial charge in [0.25, 0.3) is 0 Å². The number of rotatable bonds is 8. The normalized spacial score (nSPS) is 11.0. The van der Waals surface area contributed by atoms with Crippen molar-refractivity contribution < 1.29 is 0 Å². The molecule has 1 atom stereocenters. The molecule has 0 aliphatic heterocycles. The first kappa shape index (κ1) is 11.9. The van der Waals surface area contributed by atoms with Crippen LogP contribution < -0.4 is 10.6 Å². The van der Waals surface area contributed by atoms with Crippen molar-refractivity contribution in [1.82, 2.24) is 10.6 Å². The molecule has 2 nitrogen and oxygen atoms in total. The topological polar surface area (TPSA) is 24.1 Å². The lowest BCUT2D eigenvalue weighted by molar-refractivity contribution is 0.421. The van der Waals surface area contributed by atoms with E-state index >= 15 is 0 Å². The minimum atomic E-state index is 0.481. The van der Waals surface area contributed by atoms with E-state index < -0.39 is 0 Å². The number of hydrogen-bond acceptors (Lipinski definition) is 2. The van der Waals surface area contributed by atoms with Gasteiger partial charge in [-0.25, -0.2) is 0 Å². The molecule has 1 unspecified atom stereocenters. The van der Waals surface area contributed by atoms with Crippen LogP contribution in [0, 0.1) is 6.54 Å². The van der Waals surface area contributed by atoms with Crippen molar-refractivity contribution >= 4 is 0 Å². The maximum atomic E-state index is 3.46. The first-order valence-corrected chi connectivity index (χ1v) is 5.16. The lowest BCUT2D eigenvalue weighted by Crippen LogP contribution is -2.41. The predicted octanol–water partition coefficient (Wildman–Crippen LogP) is 2.27. The van der Waals surface area contributed by atoms with Gasteiger partial charge in [-0.1, -0.05) is 27.2 Å². The maximum absolute atomic E-state index is 3.46. The van der Waals surface area contributed by atoms with Crippen LogP contribution in [-0.4, -0.2) is 12.7 Å². The molecule has 0 saturated carbocycles. The molecule has 1 radical (unpaired) electrons. The van der Waals surface area contributed by atoms with Crippen molar-refractivity contribution in [1.29, 1.82) is 0 Å². The fraction of sp³-hybridized carbons (Fsp3) is 0.900. The molecule has 0 rings (SSSR count). The number of nitrogens with one attached hydrogen (secondary N) is 2. The molecule has 73 valence electrons. The van der Waals surface area contributed by atoms with E-state index in [0.29, 0.717) is 6.17 Å². The van der Waals surface area contributed by atoms with Crippen LogP contribution in [0.4, 0.5) is 0 Å². The van der Waals surface area contributed by atoms with E-state index in [9.17, 15) is 0 Å². The fourth-order valence-electron chi connectivity index (χ4n) is 1.11. The first-order valence-electron chi connectivity index (χ1n) is 5.16. The molecule has 0 aromatic heterocycles. The molecule has 2 N–H and O–H groups in total. The van der Waals surface area contributed by atoms with Crippen molar-refractivity contribution in [3.05, 3.63) is 6.54 Å². The molecule has 0 amide bonds. The van der Waals surface area contributed by atoms with Crippen LogP contribution in [0.3, 0.4) is 0 Å². The summed E-state index contributed by atoms with van der Waals surface area (Å²) >= 11 is 0. The van der Waals surface area contributed by atoms with Gasteiger partial charge in [0, 0.05) is 6.54 Å². The summed E-state index contributed by atoms with van der Waals surface area (Å²) in [7, 11) is 0. The Labute approximate surface area is 77.1 Å². The average molecular weight is 171 g/mol. The smallest absolute Gasteiger partial charge is 0.0574 e. The third-order valence-corrected chi connectivity index (χ3v) is 1.74. The summed E-state index contributed by atoms with van der Waals surface area (Å²) < 4.78 is 0. The molecule has 0 aliphatic carbocycles. The minimum absolute atomic E-state index is 0.481. The van der Waals surface area contributed by atoms with Crippen LogP contribution in [0.2, 0.25) is 0 Å². The van der Waals surface area contributed by atoms with Gasteiger partial charge in [0.1, 0.15) is 0 Å². The van der Waals surface area contributed by atoms with Crippen LogP contribution in [0.25, 0.3) is 0 Å². The second kappa shape index (κ2) is 9.01. The summed E-state index contributed by atoms with van der Waals surface area (Å²) in [4.78, 5) is 0. The maximum Gasteiger partial charge on any atom is 0.0574 e. The highest BCUT2D eigenvalue weighted by atomic mass is 15.1. The van der Waals surface area contributed by atoms with Gasteiger partial charge in [-0.2, -0.15) is 0 Å². The highest BCUT2D eigenvalue weighted by molar-refractivity contribution is 4.68. The number of hydrogen-bond donors (Lipinski definition) is 2. The third kappa shape index (κ3) is 6.62. The van der Waals surface area contributed by atoms with E-state index in [1.54, 1.807) is 0 Å². The second-order valence-electron chi connectivity index (χ2n) is 3.07. The molecule has 0 aliphatic rings. The van der Waals surface area contributed by atoms with E-state index in [1.807, 2.05) is 0 Å². The Balaban J connectivity index is 3.40. The van der Waals surface area contributed by atoms with Crippen molar-refractivity contribution in [3.63, 3.8) is 0 Å². The summed E-state index contributed by atoms with van der Waals surface area (Å²) in [6.45, 7) is 9.79. The first-order chi connectivity index (χ1) is 5.85. The molecule has 12 heavy (non-hydrogen) atoms. The average Bonchev–Trinajstić information content (AvgIpc) is 2.10. The SMILES string of the molecule is CC[CH]NC(CCC)NCCC. The quantitative estimate of drug-likeness (QED) is 0.547. The molecule has 0 spiro atoms. The highest BCUT2D eigenvalue weighted by Gasteiger charge is 2.03. The van der Waals surface area contributed by atoms with Gasteiger partial charge in [0.05, 0.1) is 6.17 Å². The van der Waals surface area contributed by atoms with Gasteiger partial charge in [-0.05, 0) is 25.8 Å². The van der Waals surface area contributed by atoms with Gasteiger partial charge >= 0.3 is 0 Å². The Hall–Kier alpha value is -0.0800. The van der Waals surface area contributed by atoms with E-state index in [2.05, 4.69) is 37.9 Å². The van der Waals surface area contributed by atoms with Crippen molar-refractivity contribution in [2.24, 2.45) is 0 Å². The van der Waals surface area contributed by atoms with E-state index in [0.717, 1.165) is 13.0 Å². The molecule has 0 heterocycles. The molecule has 0 bridgehead atoms. The summed E-state index contributed by atoms with van der Waals surface area (Å²) in [5, 5.41) is 6.83. The molecule has 0 aromatic carbocycles. The van der Waals surface area contributed by atoms with Crippen LogP contribution in [0.1, 0.15) is 46.5 Å². The predicted molar refractivity (Wildman–Crippen MR) is 54.7 cm³/mol. The molecule has 0 fully saturated rings. The second-order valence-corrected chi connectivity index (χ2v) is 3.07. The van der Waals surface area contributed by atoms with Crippen LogP contribution in [-0.2, 0) is 0 Å². The van der Waals surface area contributed by atoms with Gasteiger partial charge < -0.3 is 5.32 Å². The largest absolute Gasteiger partial charge is 0.302 e. The molecular weight excluding hydrogens is 148 g/mol. The summed E-state index contributed by atoms with van der Waals surface area (Å²) in [5.74, 6) is 0. The lowest BCUT2D eigenvalue weighted by Gasteiger charge is -2.18. The molecular formula is C10H23N2. The van der Waals surface area contributed by atoms with Gasteiger partial charge in [-0.15, -0.1) is 0 Å². The van der Waals surface area contributed by atoms with Gasteiger partial charge in [0.2, 0.25) is 0 Å². The van der Waals surface area contributed by atoms with E-state index in [1.165, 1.54) is 19.3 Å². The van der Waals surface area contributed by atoms with Crippen LogP contribution in [0.15, 0.2) is 0 Å². The molecule has 0 saturated heterocycles. The molecule has 2 heteroatoms. The van der Waals surface area contributed by atoms with Gasteiger partial charge in [-0.3, -0.25) is 5.32 Å². The zero-order valence-electron chi connectivity index (χ0n) is 8.69. The zero-order valence-corrected chi connectivity index (χ0v) is 8.69. The van der Waals surface area contributed by atoms with E-state index in [-0.39, 0.29) is 0 Å². The Morgan fingerprint density at radius 1 is 1.17 bits per heavy atom. The van der Waals surface area contributed by atoms with E-state index in [4.69, 9.17) is 0 Å². The third-order valence-electron chi connectivity index (χ3n) is 1.74. The highest BCUT2D eigenvalue weighted by Crippen LogP contribution is 1.94. The standard InChI is InChI=1S/C10H23N2/c1-4-7-10(11-8-5-2)12-9-6-3/h8,10-12H,4-7,9H2,1-3H3. The lowest BCUT2D eigenvalue weighted by atomic mass is 10.2.